The maximum Gasteiger partial charge on any atom is 0.246 e. The largest absolute Gasteiger partial charge is 0.422 e. The summed E-state index contributed by atoms with van der Waals surface area (Å²) in [6, 6.07) is 2.06. The summed E-state index contributed by atoms with van der Waals surface area (Å²) in [7, 11) is 0. The minimum absolute atomic E-state index is 0.502. The molecule has 2 aromatic rings. The van der Waals surface area contributed by atoms with Gasteiger partial charge in [-0.15, -0.1) is 0 Å². The zero-order valence-corrected chi connectivity index (χ0v) is 12.6. The minimum atomic E-state index is 0.502. The summed E-state index contributed by atoms with van der Waals surface area (Å²) >= 11 is 0. The van der Waals surface area contributed by atoms with E-state index < -0.39 is 0 Å². The molecule has 0 unspecified atom stereocenters. The average Bonchev–Trinajstić information content (AvgIpc) is 2.88. The van der Waals surface area contributed by atoms with E-state index in [0.717, 1.165) is 22.9 Å². The number of rotatable bonds is 4. The Kier molecular flexibility index (Phi) is 4.04. The molecule has 0 bridgehead atoms. The Morgan fingerprint density at radius 1 is 1.25 bits per heavy atom. The molecule has 3 heteroatoms. The molecule has 0 atom stereocenters. The van der Waals surface area contributed by atoms with Gasteiger partial charge in [0.05, 0.1) is 0 Å². The van der Waals surface area contributed by atoms with Gasteiger partial charge in [0.2, 0.25) is 11.6 Å². The molecule has 1 aliphatic rings. The smallest absolute Gasteiger partial charge is 0.246 e. The van der Waals surface area contributed by atoms with Gasteiger partial charge >= 0.3 is 0 Å². The van der Waals surface area contributed by atoms with Gasteiger partial charge < -0.3 is 4.42 Å². The van der Waals surface area contributed by atoms with Gasteiger partial charge in [0.15, 0.2) is 0 Å². The highest BCUT2D eigenvalue weighted by atomic mass is 16.4. The monoisotopic (exact) mass is 272 g/mol. The van der Waals surface area contributed by atoms with Crippen molar-refractivity contribution < 1.29 is 4.42 Å². The van der Waals surface area contributed by atoms with E-state index in [9.17, 15) is 0 Å². The van der Waals surface area contributed by atoms with Crippen LogP contribution in [-0.4, -0.2) is 9.97 Å². The minimum Gasteiger partial charge on any atom is -0.422 e. The maximum atomic E-state index is 5.86. The van der Waals surface area contributed by atoms with Crippen molar-refractivity contribution in [3.8, 4) is 0 Å². The van der Waals surface area contributed by atoms with Crippen LogP contribution in [0.25, 0.3) is 11.2 Å². The summed E-state index contributed by atoms with van der Waals surface area (Å²) in [5, 5.41) is 0. The van der Waals surface area contributed by atoms with Gasteiger partial charge in [-0.2, -0.15) is 0 Å². The van der Waals surface area contributed by atoms with Gasteiger partial charge in [-0.1, -0.05) is 26.2 Å². The molecule has 0 N–H and O–H groups in total. The molecule has 0 amide bonds. The third kappa shape index (κ3) is 2.87. The number of oxazole rings is 1. The zero-order chi connectivity index (χ0) is 13.9. The fourth-order valence-corrected chi connectivity index (χ4v) is 3.31. The topological polar surface area (TPSA) is 38.9 Å². The number of pyridine rings is 1. The fourth-order valence-electron chi connectivity index (χ4n) is 3.31. The van der Waals surface area contributed by atoms with Crippen molar-refractivity contribution in [2.24, 2.45) is 5.92 Å². The highest BCUT2D eigenvalue weighted by Crippen LogP contribution is 2.38. The Bertz CT molecular complexity index is 567. The summed E-state index contributed by atoms with van der Waals surface area (Å²) < 4.78 is 5.86. The first-order chi connectivity index (χ1) is 9.76. The molecule has 1 saturated carbocycles. The summed E-state index contributed by atoms with van der Waals surface area (Å²) in [5.74, 6) is 2.34. The number of fused-ring (bicyclic) bond motifs is 1. The first-order valence-corrected chi connectivity index (χ1v) is 7.99. The molecular weight excluding hydrogens is 248 g/mol. The number of aromatic nitrogens is 2. The molecule has 0 spiro atoms. The highest BCUT2D eigenvalue weighted by Gasteiger charge is 2.25. The van der Waals surface area contributed by atoms with Crippen LogP contribution in [0.1, 0.15) is 69.2 Å². The summed E-state index contributed by atoms with van der Waals surface area (Å²) in [4.78, 5) is 8.98. The number of hydrogen-bond acceptors (Lipinski definition) is 3. The lowest BCUT2D eigenvalue weighted by Gasteiger charge is -2.26. The van der Waals surface area contributed by atoms with Crippen LogP contribution in [0, 0.1) is 12.8 Å². The second-order valence-corrected chi connectivity index (χ2v) is 6.25. The summed E-state index contributed by atoms with van der Waals surface area (Å²) in [6.45, 7) is 4.32. The van der Waals surface area contributed by atoms with Crippen molar-refractivity contribution in [1.29, 1.82) is 0 Å². The van der Waals surface area contributed by atoms with Crippen LogP contribution in [0.5, 0.6) is 0 Å². The van der Waals surface area contributed by atoms with E-state index in [0.29, 0.717) is 11.6 Å². The summed E-state index contributed by atoms with van der Waals surface area (Å²) in [5.41, 5.74) is 2.74. The van der Waals surface area contributed by atoms with E-state index in [4.69, 9.17) is 4.42 Å². The molecule has 0 radical (unpaired) electrons. The quantitative estimate of drug-likeness (QED) is 0.786. The van der Waals surface area contributed by atoms with Crippen molar-refractivity contribution in [3.05, 3.63) is 23.7 Å². The maximum absolute atomic E-state index is 5.86. The molecule has 0 saturated heterocycles. The Labute approximate surface area is 120 Å². The standard InChI is InChI=1S/C17H24N2O/c1-3-4-5-13-6-8-14(9-7-13)16-19-15-10-12(2)11-18-17(15)20-16/h10-11,13-14H,3-9H2,1-2H3. The zero-order valence-electron chi connectivity index (χ0n) is 12.6. The highest BCUT2D eigenvalue weighted by molar-refractivity contribution is 5.68. The molecule has 3 rings (SSSR count). The van der Waals surface area contributed by atoms with Crippen molar-refractivity contribution in [2.45, 2.75) is 64.7 Å². The Morgan fingerprint density at radius 3 is 2.80 bits per heavy atom. The van der Waals surface area contributed by atoms with Gasteiger partial charge in [-0.05, 0) is 50.2 Å². The SMILES string of the molecule is CCCCC1CCC(c2nc3cc(C)cnc3o2)CC1. The Morgan fingerprint density at radius 2 is 2.05 bits per heavy atom. The lowest BCUT2D eigenvalue weighted by molar-refractivity contribution is 0.280. The molecule has 1 aliphatic carbocycles. The molecule has 0 aliphatic heterocycles. The van der Waals surface area contributed by atoms with Crippen molar-refractivity contribution in [1.82, 2.24) is 9.97 Å². The van der Waals surface area contributed by atoms with Crippen molar-refractivity contribution in [2.75, 3.05) is 0 Å². The molecule has 3 nitrogen and oxygen atoms in total. The Hall–Kier alpha value is -1.38. The van der Waals surface area contributed by atoms with Gasteiger partial charge in [-0.25, -0.2) is 9.97 Å². The van der Waals surface area contributed by atoms with Crippen LogP contribution in [0.4, 0.5) is 0 Å². The van der Waals surface area contributed by atoms with Gasteiger partial charge in [-0.3, -0.25) is 0 Å². The van der Waals surface area contributed by atoms with E-state index in [-0.39, 0.29) is 0 Å². The molecule has 2 heterocycles. The predicted octanol–water partition coefficient (Wildman–Crippen LogP) is 5.00. The first-order valence-electron chi connectivity index (χ1n) is 7.99. The fraction of sp³-hybridized carbons (Fsp3) is 0.647. The van der Waals surface area contributed by atoms with E-state index in [1.54, 1.807) is 0 Å². The van der Waals surface area contributed by atoms with Gasteiger partial charge in [0, 0.05) is 12.1 Å². The van der Waals surface area contributed by atoms with Crippen LogP contribution >= 0.6 is 0 Å². The third-order valence-corrected chi connectivity index (χ3v) is 4.56. The molecular formula is C17H24N2O. The average molecular weight is 272 g/mol. The van der Waals surface area contributed by atoms with E-state index in [1.807, 2.05) is 13.1 Å². The van der Waals surface area contributed by atoms with Crippen LogP contribution in [-0.2, 0) is 0 Å². The number of nitrogens with zero attached hydrogens (tertiary/aromatic N) is 2. The number of hydrogen-bond donors (Lipinski definition) is 0. The predicted molar refractivity (Wildman–Crippen MR) is 80.8 cm³/mol. The van der Waals surface area contributed by atoms with E-state index in [1.165, 1.54) is 44.9 Å². The molecule has 1 fully saturated rings. The third-order valence-electron chi connectivity index (χ3n) is 4.56. The Balaban J connectivity index is 1.67. The van der Waals surface area contributed by atoms with Crippen LogP contribution < -0.4 is 0 Å². The molecule has 0 aromatic carbocycles. The second-order valence-electron chi connectivity index (χ2n) is 6.25. The molecule has 2 aromatic heterocycles. The normalized spacial score (nSPS) is 23.3. The van der Waals surface area contributed by atoms with Crippen molar-refractivity contribution in [3.63, 3.8) is 0 Å². The van der Waals surface area contributed by atoms with Crippen LogP contribution in [0.3, 0.4) is 0 Å². The first kappa shape index (κ1) is 13.6. The van der Waals surface area contributed by atoms with Crippen LogP contribution in [0.15, 0.2) is 16.7 Å². The lowest BCUT2D eigenvalue weighted by atomic mass is 9.80. The lowest BCUT2D eigenvalue weighted by Crippen LogP contribution is -2.13. The molecule has 20 heavy (non-hydrogen) atoms. The second kappa shape index (κ2) is 5.94. The number of aryl methyl sites for hydroxylation is 1. The number of unbranched alkanes of at least 4 members (excludes halogenated alkanes) is 1. The summed E-state index contributed by atoms with van der Waals surface area (Å²) in [6.07, 6.45) is 11.0. The van der Waals surface area contributed by atoms with Gasteiger partial charge in [0.25, 0.3) is 0 Å². The van der Waals surface area contributed by atoms with Gasteiger partial charge in [0.1, 0.15) is 5.52 Å². The molecule has 108 valence electrons. The van der Waals surface area contributed by atoms with Crippen LogP contribution in [0.2, 0.25) is 0 Å². The van der Waals surface area contributed by atoms with E-state index in [2.05, 4.69) is 23.0 Å². The van der Waals surface area contributed by atoms with Crippen molar-refractivity contribution >= 4 is 11.2 Å². The van der Waals surface area contributed by atoms with E-state index >= 15 is 0 Å².